The summed E-state index contributed by atoms with van der Waals surface area (Å²) in [6.07, 6.45) is 1.71. The second-order valence-electron chi connectivity index (χ2n) is 6.80. The minimum Gasteiger partial charge on any atom is -0.462 e. The average Bonchev–Trinajstić information content (AvgIpc) is 3.11. The molecule has 9 heteroatoms. The number of hydrogen-bond acceptors (Lipinski definition) is 7. The molecule has 0 aliphatic heterocycles. The van der Waals surface area contributed by atoms with E-state index in [4.69, 9.17) is 9.47 Å². The van der Waals surface area contributed by atoms with Crippen molar-refractivity contribution in [3.63, 3.8) is 0 Å². The predicted octanol–water partition coefficient (Wildman–Crippen LogP) is 3.55. The largest absolute Gasteiger partial charge is 0.462 e. The van der Waals surface area contributed by atoms with E-state index in [2.05, 4.69) is 10.3 Å². The number of carbonyl (C=O) groups is 2. The summed E-state index contributed by atoms with van der Waals surface area (Å²) in [7, 11) is 0. The third kappa shape index (κ3) is 5.00. The van der Waals surface area contributed by atoms with E-state index in [0.717, 1.165) is 11.3 Å². The number of aryl methyl sites for hydroxylation is 1. The molecule has 2 heterocycles. The first-order valence-corrected chi connectivity index (χ1v) is 10.9. The van der Waals surface area contributed by atoms with Crippen molar-refractivity contribution >= 4 is 39.1 Å². The molecule has 3 rings (SSSR count). The second kappa shape index (κ2) is 10.3. The zero-order valence-corrected chi connectivity index (χ0v) is 18.5. The van der Waals surface area contributed by atoms with Gasteiger partial charge in [-0.15, -0.1) is 11.3 Å². The first kappa shape index (κ1) is 22.6. The number of para-hydroxylation sites is 1. The van der Waals surface area contributed by atoms with Crippen molar-refractivity contribution in [3.05, 3.63) is 57.5 Å². The molecule has 1 unspecified atom stereocenters. The lowest BCUT2D eigenvalue weighted by Crippen LogP contribution is -2.31. The van der Waals surface area contributed by atoms with Crippen molar-refractivity contribution in [2.45, 2.75) is 33.2 Å². The molecule has 8 nitrogen and oxygen atoms in total. The van der Waals surface area contributed by atoms with Gasteiger partial charge in [-0.2, -0.15) is 0 Å². The van der Waals surface area contributed by atoms with E-state index in [9.17, 15) is 14.4 Å². The van der Waals surface area contributed by atoms with Crippen molar-refractivity contribution < 1.29 is 19.1 Å². The fourth-order valence-electron chi connectivity index (χ4n) is 3.20. The molecule has 0 spiro atoms. The second-order valence-corrected chi connectivity index (χ2v) is 7.80. The number of nitrogens with zero attached hydrogens (tertiary/aromatic N) is 2. The summed E-state index contributed by atoms with van der Waals surface area (Å²) in [5, 5.41) is 3.17. The normalized spacial score (nSPS) is 12.0. The third-order valence-electron chi connectivity index (χ3n) is 4.78. The number of amides is 1. The molecule has 3 aromatic rings. The van der Waals surface area contributed by atoms with Crippen LogP contribution in [-0.4, -0.2) is 41.2 Å². The molecular formula is C22H25N3O5S. The number of benzene rings is 1. The smallest absolute Gasteiger partial charge is 0.329 e. The molecule has 0 bridgehead atoms. The Balaban J connectivity index is 1.89. The molecule has 0 saturated heterocycles. The lowest BCUT2D eigenvalue weighted by molar-refractivity contribution is -0.149. The number of esters is 1. The van der Waals surface area contributed by atoms with E-state index in [1.165, 1.54) is 10.9 Å². The lowest BCUT2D eigenvalue weighted by Gasteiger charge is -2.16. The van der Waals surface area contributed by atoms with Crippen LogP contribution >= 0.6 is 11.3 Å². The zero-order chi connectivity index (χ0) is 22.4. The standard InChI is InChI=1S/C22H25N3O5S/c1-4-16(22(28)30-12-11-29-5-2)25-13-23-20-17(21(25)27)14(3)18(31-20)19(26)24-15-9-7-6-8-10-15/h6-10,13,16H,4-5,11-12H2,1-3H3,(H,24,26). The van der Waals surface area contributed by atoms with Crippen molar-refractivity contribution in [1.29, 1.82) is 0 Å². The van der Waals surface area contributed by atoms with Crippen LogP contribution in [0.5, 0.6) is 0 Å². The van der Waals surface area contributed by atoms with Gasteiger partial charge in [-0.1, -0.05) is 25.1 Å². The number of carbonyl (C=O) groups excluding carboxylic acids is 2. The van der Waals surface area contributed by atoms with Crippen molar-refractivity contribution in [3.8, 4) is 0 Å². The molecule has 1 atom stereocenters. The molecule has 0 aliphatic carbocycles. The van der Waals surface area contributed by atoms with Crippen LogP contribution in [0.15, 0.2) is 41.5 Å². The van der Waals surface area contributed by atoms with Crippen LogP contribution in [0.2, 0.25) is 0 Å². The highest BCUT2D eigenvalue weighted by Gasteiger charge is 2.25. The average molecular weight is 444 g/mol. The third-order valence-corrected chi connectivity index (χ3v) is 5.98. The van der Waals surface area contributed by atoms with Gasteiger partial charge in [0.1, 0.15) is 17.5 Å². The molecule has 0 aliphatic rings. The number of fused-ring (bicyclic) bond motifs is 1. The van der Waals surface area contributed by atoms with Gasteiger partial charge in [0.05, 0.1) is 23.2 Å². The highest BCUT2D eigenvalue weighted by Crippen LogP contribution is 2.28. The summed E-state index contributed by atoms with van der Waals surface area (Å²) in [5.74, 6) is -0.819. The van der Waals surface area contributed by atoms with Gasteiger partial charge in [-0.05, 0) is 38.0 Å². The van der Waals surface area contributed by atoms with E-state index in [-0.39, 0.29) is 18.1 Å². The molecule has 1 N–H and O–H groups in total. The molecule has 31 heavy (non-hydrogen) atoms. The highest BCUT2D eigenvalue weighted by molar-refractivity contribution is 7.20. The Morgan fingerprint density at radius 3 is 2.61 bits per heavy atom. The Morgan fingerprint density at radius 2 is 1.94 bits per heavy atom. The Kier molecular flexibility index (Phi) is 7.54. The molecule has 0 fully saturated rings. The van der Waals surface area contributed by atoms with Crippen LogP contribution in [0.3, 0.4) is 0 Å². The van der Waals surface area contributed by atoms with E-state index in [1.54, 1.807) is 26.0 Å². The Hall–Kier alpha value is -3.04. The van der Waals surface area contributed by atoms with E-state index >= 15 is 0 Å². The summed E-state index contributed by atoms with van der Waals surface area (Å²) in [6, 6.07) is 8.28. The molecule has 0 saturated carbocycles. The zero-order valence-electron chi connectivity index (χ0n) is 17.7. The highest BCUT2D eigenvalue weighted by atomic mass is 32.1. The first-order chi connectivity index (χ1) is 15.0. The van der Waals surface area contributed by atoms with E-state index in [1.807, 2.05) is 25.1 Å². The molecular weight excluding hydrogens is 418 g/mol. The Bertz CT molecular complexity index is 1120. The van der Waals surface area contributed by atoms with Crippen LogP contribution in [-0.2, 0) is 14.3 Å². The number of rotatable bonds is 9. The number of hydrogen-bond donors (Lipinski definition) is 1. The number of thiophene rings is 1. The lowest BCUT2D eigenvalue weighted by atomic mass is 10.2. The van der Waals surface area contributed by atoms with Gasteiger partial charge in [-0.25, -0.2) is 9.78 Å². The fraction of sp³-hybridized carbons (Fsp3) is 0.364. The minimum atomic E-state index is -0.799. The maximum Gasteiger partial charge on any atom is 0.329 e. The van der Waals surface area contributed by atoms with Crippen molar-refractivity contribution in [2.75, 3.05) is 25.1 Å². The van der Waals surface area contributed by atoms with E-state index < -0.39 is 12.0 Å². The maximum atomic E-state index is 13.2. The quantitative estimate of drug-likeness (QED) is 0.401. The van der Waals surface area contributed by atoms with Gasteiger partial charge >= 0.3 is 5.97 Å². The number of anilines is 1. The SMILES string of the molecule is CCOCCOC(=O)C(CC)n1cnc2sc(C(=O)Nc3ccccc3)c(C)c2c1=O. The monoisotopic (exact) mass is 443 g/mol. The minimum absolute atomic E-state index is 0.120. The molecule has 2 aromatic heterocycles. The Morgan fingerprint density at radius 1 is 1.19 bits per heavy atom. The number of nitrogens with one attached hydrogen (secondary N) is 1. The van der Waals surface area contributed by atoms with Crippen LogP contribution in [0.1, 0.15) is 41.5 Å². The van der Waals surface area contributed by atoms with Crippen LogP contribution < -0.4 is 10.9 Å². The summed E-state index contributed by atoms with van der Waals surface area (Å²) < 4.78 is 11.7. The van der Waals surface area contributed by atoms with Gasteiger partial charge in [-0.3, -0.25) is 14.2 Å². The predicted molar refractivity (Wildman–Crippen MR) is 120 cm³/mol. The maximum absolute atomic E-state index is 13.2. The molecule has 164 valence electrons. The topological polar surface area (TPSA) is 99.5 Å². The van der Waals surface area contributed by atoms with Crippen LogP contribution in [0.4, 0.5) is 5.69 Å². The summed E-state index contributed by atoms with van der Waals surface area (Å²) >= 11 is 1.15. The van der Waals surface area contributed by atoms with Crippen molar-refractivity contribution in [1.82, 2.24) is 9.55 Å². The van der Waals surface area contributed by atoms with Gasteiger partial charge in [0, 0.05) is 12.3 Å². The fourth-order valence-corrected chi connectivity index (χ4v) is 4.24. The summed E-state index contributed by atoms with van der Waals surface area (Å²) in [4.78, 5) is 43.6. The summed E-state index contributed by atoms with van der Waals surface area (Å²) in [5.41, 5.74) is 0.835. The van der Waals surface area contributed by atoms with E-state index in [0.29, 0.717) is 46.0 Å². The molecule has 0 radical (unpaired) electrons. The van der Waals surface area contributed by atoms with Gasteiger partial charge in [0.15, 0.2) is 0 Å². The number of aromatic nitrogens is 2. The molecule has 1 amide bonds. The Labute approximate surface area is 183 Å². The molecule has 1 aromatic carbocycles. The van der Waals surface area contributed by atoms with Crippen LogP contribution in [0, 0.1) is 6.92 Å². The number of ether oxygens (including phenoxy) is 2. The first-order valence-electron chi connectivity index (χ1n) is 10.1. The van der Waals surface area contributed by atoms with Crippen LogP contribution in [0.25, 0.3) is 10.2 Å². The van der Waals surface area contributed by atoms with Gasteiger partial charge < -0.3 is 14.8 Å². The van der Waals surface area contributed by atoms with Crippen molar-refractivity contribution in [2.24, 2.45) is 0 Å². The van der Waals surface area contributed by atoms with Gasteiger partial charge in [0.25, 0.3) is 11.5 Å². The summed E-state index contributed by atoms with van der Waals surface area (Å²) in [6.45, 7) is 6.32. The van der Waals surface area contributed by atoms with Gasteiger partial charge in [0.2, 0.25) is 0 Å².